The molecule has 0 saturated carbocycles. The summed E-state index contributed by atoms with van der Waals surface area (Å²) in [7, 11) is 0. The topological polar surface area (TPSA) is 50.9 Å². The minimum absolute atomic E-state index is 0.00879. The van der Waals surface area contributed by atoms with Gasteiger partial charge in [-0.15, -0.1) is 15.0 Å². The van der Waals surface area contributed by atoms with E-state index in [4.69, 9.17) is 0 Å². The SMILES string of the molecule is Cc1ccc(C(C)c2cc(C(C)c3ccc(C)cc3)c(O)c(-n3nc4ccccc4n3)c2)cc1. The molecular weight excluding hydrogens is 418 g/mol. The Kier molecular flexibility index (Phi) is 5.66. The molecule has 0 aliphatic rings. The lowest BCUT2D eigenvalue weighted by Crippen LogP contribution is -2.07. The van der Waals surface area contributed by atoms with Crippen LogP contribution in [0.4, 0.5) is 0 Å². The molecule has 0 fully saturated rings. The summed E-state index contributed by atoms with van der Waals surface area (Å²) in [6.07, 6.45) is 0. The number of hydrogen-bond acceptors (Lipinski definition) is 3. The number of aromatic hydroxyl groups is 1. The van der Waals surface area contributed by atoms with Gasteiger partial charge in [-0.05, 0) is 48.7 Å². The van der Waals surface area contributed by atoms with Gasteiger partial charge >= 0.3 is 0 Å². The van der Waals surface area contributed by atoms with Gasteiger partial charge in [-0.3, -0.25) is 0 Å². The zero-order valence-corrected chi connectivity index (χ0v) is 20.0. The van der Waals surface area contributed by atoms with E-state index in [2.05, 4.69) is 92.5 Å². The summed E-state index contributed by atoms with van der Waals surface area (Å²) >= 11 is 0. The predicted molar refractivity (Wildman–Crippen MR) is 138 cm³/mol. The second kappa shape index (κ2) is 8.79. The van der Waals surface area contributed by atoms with E-state index in [0.717, 1.165) is 27.7 Å². The second-order valence-corrected chi connectivity index (χ2v) is 9.22. The van der Waals surface area contributed by atoms with Crippen LogP contribution < -0.4 is 0 Å². The van der Waals surface area contributed by atoms with E-state index in [9.17, 15) is 5.11 Å². The van der Waals surface area contributed by atoms with Gasteiger partial charge in [0.15, 0.2) is 0 Å². The number of phenolic OH excluding ortho intramolecular Hbond substituents is 1. The van der Waals surface area contributed by atoms with Crippen LogP contribution in [0.3, 0.4) is 0 Å². The zero-order chi connectivity index (χ0) is 23.8. The van der Waals surface area contributed by atoms with Gasteiger partial charge in [-0.25, -0.2) is 0 Å². The minimum Gasteiger partial charge on any atom is -0.505 e. The van der Waals surface area contributed by atoms with Crippen LogP contribution in [0.1, 0.15) is 59.1 Å². The van der Waals surface area contributed by atoms with Crippen molar-refractivity contribution in [1.82, 2.24) is 15.0 Å². The fraction of sp³-hybridized carbons (Fsp3) is 0.200. The van der Waals surface area contributed by atoms with Crippen LogP contribution in [0.2, 0.25) is 0 Å². The number of aryl methyl sites for hydroxylation is 2. The average molecular weight is 448 g/mol. The van der Waals surface area contributed by atoms with Gasteiger partial charge in [0.1, 0.15) is 22.5 Å². The molecule has 1 N–H and O–H groups in total. The number of hydrogen-bond donors (Lipinski definition) is 1. The predicted octanol–water partition coefficient (Wildman–Crippen LogP) is 7.05. The first-order valence-electron chi connectivity index (χ1n) is 11.7. The number of fused-ring (bicyclic) bond motifs is 1. The highest BCUT2D eigenvalue weighted by Gasteiger charge is 2.22. The third kappa shape index (κ3) is 4.08. The summed E-state index contributed by atoms with van der Waals surface area (Å²) in [5, 5.41) is 20.8. The molecule has 0 aliphatic carbocycles. The molecule has 5 rings (SSSR count). The number of aromatic nitrogens is 3. The Morgan fingerprint density at radius 1 is 0.647 bits per heavy atom. The molecule has 34 heavy (non-hydrogen) atoms. The molecule has 1 heterocycles. The summed E-state index contributed by atoms with van der Waals surface area (Å²) < 4.78 is 0. The highest BCUT2D eigenvalue weighted by molar-refractivity contribution is 5.74. The number of phenols is 1. The standard InChI is InChI=1S/C30H29N3O/c1-19-9-13-23(14-10-19)21(3)25-17-26(22(4)24-15-11-20(2)12-16-24)30(34)29(18-25)33-31-27-7-5-6-8-28(27)32-33/h5-18,21-22,34H,1-4H3. The summed E-state index contributed by atoms with van der Waals surface area (Å²) in [5.41, 5.74) is 9.03. The molecule has 0 bridgehead atoms. The molecule has 1 aromatic heterocycles. The van der Waals surface area contributed by atoms with Crippen molar-refractivity contribution in [2.75, 3.05) is 0 Å². The molecular formula is C30H29N3O. The van der Waals surface area contributed by atoms with E-state index in [1.54, 1.807) is 4.80 Å². The van der Waals surface area contributed by atoms with E-state index >= 15 is 0 Å². The molecule has 4 heteroatoms. The zero-order valence-electron chi connectivity index (χ0n) is 20.0. The Labute approximate surface area is 200 Å². The Hall–Kier alpha value is -3.92. The Morgan fingerprint density at radius 2 is 1.15 bits per heavy atom. The molecule has 2 unspecified atom stereocenters. The Balaban J connectivity index is 1.68. The van der Waals surface area contributed by atoms with Gasteiger partial charge in [0.05, 0.1) is 0 Å². The third-order valence-electron chi connectivity index (χ3n) is 6.76. The maximum Gasteiger partial charge on any atom is 0.146 e. The Morgan fingerprint density at radius 3 is 1.68 bits per heavy atom. The first-order chi connectivity index (χ1) is 16.4. The molecule has 2 atom stereocenters. The average Bonchev–Trinajstić information content (AvgIpc) is 3.28. The number of benzene rings is 4. The van der Waals surface area contributed by atoms with Crippen molar-refractivity contribution in [2.24, 2.45) is 0 Å². The number of rotatable bonds is 5. The summed E-state index contributed by atoms with van der Waals surface area (Å²) in [5.74, 6) is 0.372. The quantitative estimate of drug-likeness (QED) is 0.314. The van der Waals surface area contributed by atoms with E-state index < -0.39 is 0 Å². The molecule has 0 amide bonds. The maximum atomic E-state index is 11.5. The lowest BCUT2D eigenvalue weighted by molar-refractivity contribution is 0.458. The van der Waals surface area contributed by atoms with Gasteiger partial charge in [0.25, 0.3) is 0 Å². The molecule has 170 valence electrons. The van der Waals surface area contributed by atoms with Crippen molar-refractivity contribution in [2.45, 2.75) is 39.5 Å². The maximum absolute atomic E-state index is 11.5. The fourth-order valence-corrected chi connectivity index (χ4v) is 4.45. The molecule has 0 saturated heterocycles. The van der Waals surface area contributed by atoms with Crippen LogP contribution in [0.15, 0.2) is 84.9 Å². The number of nitrogens with zero attached hydrogens (tertiary/aromatic N) is 3. The van der Waals surface area contributed by atoms with Gasteiger partial charge in [0, 0.05) is 17.4 Å². The van der Waals surface area contributed by atoms with Crippen molar-refractivity contribution in [3.8, 4) is 11.4 Å². The fourth-order valence-electron chi connectivity index (χ4n) is 4.45. The Bertz CT molecular complexity index is 1420. The first-order valence-corrected chi connectivity index (χ1v) is 11.7. The van der Waals surface area contributed by atoms with E-state index in [1.165, 1.54) is 16.7 Å². The van der Waals surface area contributed by atoms with Crippen LogP contribution in [0.25, 0.3) is 16.7 Å². The van der Waals surface area contributed by atoms with E-state index in [-0.39, 0.29) is 17.6 Å². The molecule has 0 aliphatic heterocycles. The third-order valence-corrected chi connectivity index (χ3v) is 6.76. The van der Waals surface area contributed by atoms with Crippen molar-refractivity contribution < 1.29 is 5.11 Å². The first kappa shape index (κ1) is 21.9. The monoisotopic (exact) mass is 447 g/mol. The summed E-state index contributed by atoms with van der Waals surface area (Å²) in [6, 6.07) is 29.1. The molecule has 4 aromatic carbocycles. The summed E-state index contributed by atoms with van der Waals surface area (Å²) in [6.45, 7) is 8.52. The normalized spacial score (nSPS) is 13.2. The van der Waals surface area contributed by atoms with Crippen molar-refractivity contribution in [1.29, 1.82) is 0 Å². The van der Waals surface area contributed by atoms with Crippen LogP contribution in [0.5, 0.6) is 5.75 Å². The van der Waals surface area contributed by atoms with E-state index in [1.807, 2.05) is 30.3 Å². The van der Waals surface area contributed by atoms with Crippen molar-refractivity contribution >= 4 is 11.0 Å². The van der Waals surface area contributed by atoms with Crippen LogP contribution in [-0.2, 0) is 0 Å². The van der Waals surface area contributed by atoms with Crippen molar-refractivity contribution in [3.05, 3.63) is 118 Å². The lowest BCUT2D eigenvalue weighted by atomic mass is 9.86. The summed E-state index contributed by atoms with van der Waals surface area (Å²) in [4.78, 5) is 1.57. The van der Waals surface area contributed by atoms with Gasteiger partial charge < -0.3 is 5.11 Å². The van der Waals surface area contributed by atoms with Crippen LogP contribution >= 0.6 is 0 Å². The molecule has 0 radical (unpaired) electrons. The highest BCUT2D eigenvalue weighted by atomic mass is 16.3. The van der Waals surface area contributed by atoms with Crippen LogP contribution in [-0.4, -0.2) is 20.1 Å². The van der Waals surface area contributed by atoms with Crippen LogP contribution in [0, 0.1) is 13.8 Å². The molecule has 4 nitrogen and oxygen atoms in total. The van der Waals surface area contributed by atoms with Gasteiger partial charge in [0.2, 0.25) is 0 Å². The highest BCUT2D eigenvalue weighted by Crippen LogP contribution is 2.39. The largest absolute Gasteiger partial charge is 0.505 e. The van der Waals surface area contributed by atoms with Crippen molar-refractivity contribution in [3.63, 3.8) is 0 Å². The van der Waals surface area contributed by atoms with Gasteiger partial charge in [-0.1, -0.05) is 91.7 Å². The molecule has 0 spiro atoms. The lowest BCUT2D eigenvalue weighted by Gasteiger charge is -2.21. The molecule has 5 aromatic rings. The second-order valence-electron chi connectivity index (χ2n) is 9.22. The van der Waals surface area contributed by atoms with Gasteiger partial charge in [-0.2, -0.15) is 0 Å². The smallest absolute Gasteiger partial charge is 0.146 e. The minimum atomic E-state index is 0.00879. The van der Waals surface area contributed by atoms with E-state index in [0.29, 0.717) is 5.69 Å².